The third-order valence-electron chi connectivity index (χ3n) is 2.87. The maximum absolute atomic E-state index is 5.42. The van der Waals surface area contributed by atoms with E-state index in [0.717, 1.165) is 25.7 Å². The van der Waals surface area contributed by atoms with Gasteiger partial charge in [0.2, 0.25) is 0 Å². The summed E-state index contributed by atoms with van der Waals surface area (Å²) < 4.78 is 0. The molecule has 1 aromatic carbocycles. The predicted octanol–water partition coefficient (Wildman–Crippen LogP) is 4.08. The van der Waals surface area contributed by atoms with Crippen molar-refractivity contribution in [1.82, 2.24) is 0 Å². The Morgan fingerprint density at radius 1 is 1.00 bits per heavy atom. The summed E-state index contributed by atoms with van der Waals surface area (Å²) in [5.74, 6) is 0. The van der Waals surface area contributed by atoms with E-state index in [9.17, 15) is 0 Å². The van der Waals surface area contributed by atoms with Gasteiger partial charge >= 0.3 is 0 Å². The monoisotopic (exact) mass is 229 g/mol. The van der Waals surface area contributed by atoms with E-state index in [0.29, 0.717) is 6.61 Å². The smallest absolute Gasteiger partial charge is 0.142 e. The summed E-state index contributed by atoms with van der Waals surface area (Å²) in [6.07, 6.45) is 10.0. The normalized spacial score (nSPS) is 18.7. The average Bonchev–Trinajstić information content (AvgIpc) is 2.33. The quantitative estimate of drug-likeness (QED) is 0.565. The van der Waals surface area contributed by atoms with Crippen molar-refractivity contribution < 1.29 is 4.84 Å². The van der Waals surface area contributed by atoms with Crippen LogP contribution >= 0.6 is 0 Å². The summed E-state index contributed by atoms with van der Waals surface area (Å²) in [7, 11) is 0. The number of oxime groups is 1. The topological polar surface area (TPSA) is 21.6 Å². The molecule has 2 nitrogen and oxygen atoms in total. The van der Waals surface area contributed by atoms with Crippen molar-refractivity contribution in [3.8, 4) is 0 Å². The van der Waals surface area contributed by atoms with Gasteiger partial charge in [-0.3, -0.25) is 0 Å². The molecule has 2 rings (SSSR count). The van der Waals surface area contributed by atoms with Gasteiger partial charge in [-0.2, -0.15) is 0 Å². The van der Waals surface area contributed by atoms with Gasteiger partial charge in [0.15, 0.2) is 0 Å². The minimum absolute atomic E-state index is 0.570. The summed E-state index contributed by atoms with van der Waals surface area (Å²) in [4.78, 5) is 5.42. The number of hydrogen-bond acceptors (Lipinski definition) is 2. The molecule has 1 aliphatic carbocycles. The van der Waals surface area contributed by atoms with Crippen LogP contribution < -0.4 is 0 Å². The highest BCUT2D eigenvalue weighted by atomic mass is 16.6. The molecule has 0 amide bonds. The highest BCUT2D eigenvalue weighted by molar-refractivity contribution is 5.84. The molecule has 0 unspecified atom stereocenters. The van der Waals surface area contributed by atoms with Gasteiger partial charge < -0.3 is 4.84 Å². The second-order valence-corrected chi connectivity index (χ2v) is 4.32. The molecule has 0 bridgehead atoms. The van der Waals surface area contributed by atoms with Gasteiger partial charge in [0.05, 0.1) is 5.71 Å². The van der Waals surface area contributed by atoms with Gasteiger partial charge in [0, 0.05) is 0 Å². The number of rotatable bonds is 3. The van der Waals surface area contributed by atoms with Crippen LogP contribution in [0.15, 0.2) is 47.6 Å². The number of nitrogens with zero attached hydrogens (tertiary/aromatic N) is 1. The van der Waals surface area contributed by atoms with E-state index < -0.39 is 0 Å². The van der Waals surface area contributed by atoms with Crippen molar-refractivity contribution in [2.75, 3.05) is 0 Å². The second-order valence-electron chi connectivity index (χ2n) is 4.32. The van der Waals surface area contributed by atoms with E-state index in [-0.39, 0.29) is 0 Å². The van der Waals surface area contributed by atoms with Crippen LogP contribution in [0.3, 0.4) is 0 Å². The standard InChI is InChI=1S/C15H19NO/c1-2-7-11-15(12-8-3-1)16-17-13-14-9-5-4-6-10-14/h1-2,4-6,9-10H,3,7-8,11-13H2/b2-1?,16-15+. The van der Waals surface area contributed by atoms with Crippen molar-refractivity contribution in [3.05, 3.63) is 48.0 Å². The van der Waals surface area contributed by atoms with E-state index in [1.54, 1.807) is 0 Å². The van der Waals surface area contributed by atoms with Crippen molar-refractivity contribution >= 4 is 5.71 Å². The fraction of sp³-hybridized carbons (Fsp3) is 0.400. The summed E-state index contributed by atoms with van der Waals surface area (Å²) in [5, 5.41) is 4.26. The van der Waals surface area contributed by atoms with E-state index in [4.69, 9.17) is 4.84 Å². The predicted molar refractivity (Wildman–Crippen MR) is 70.9 cm³/mol. The van der Waals surface area contributed by atoms with Gasteiger partial charge in [-0.1, -0.05) is 47.6 Å². The molecule has 0 aliphatic heterocycles. The first-order valence-electron chi connectivity index (χ1n) is 6.32. The van der Waals surface area contributed by atoms with E-state index in [1.165, 1.54) is 17.7 Å². The van der Waals surface area contributed by atoms with Crippen LogP contribution in [0.4, 0.5) is 0 Å². The minimum atomic E-state index is 0.570. The lowest BCUT2D eigenvalue weighted by Gasteiger charge is -2.07. The summed E-state index contributed by atoms with van der Waals surface area (Å²) in [5.41, 5.74) is 2.37. The SMILES string of the molecule is C1=CCC/C(=N\OCc2ccccc2)CCC1. The van der Waals surface area contributed by atoms with Gasteiger partial charge in [0.25, 0.3) is 0 Å². The lowest BCUT2D eigenvalue weighted by Crippen LogP contribution is -2.01. The zero-order valence-electron chi connectivity index (χ0n) is 10.1. The first-order valence-corrected chi connectivity index (χ1v) is 6.32. The molecule has 0 saturated heterocycles. The molecule has 0 saturated carbocycles. The largest absolute Gasteiger partial charge is 0.391 e. The Labute approximate surface area is 103 Å². The molecule has 0 fully saturated rings. The third kappa shape index (κ3) is 4.43. The lowest BCUT2D eigenvalue weighted by molar-refractivity contribution is 0.129. The third-order valence-corrected chi connectivity index (χ3v) is 2.87. The van der Waals surface area contributed by atoms with Gasteiger partial charge in [-0.15, -0.1) is 0 Å². The maximum Gasteiger partial charge on any atom is 0.142 e. The van der Waals surface area contributed by atoms with Gasteiger partial charge in [-0.25, -0.2) is 0 Å². The summed E-state index contributed by atoms with van der Waals surface area (Å²) in [6, 6.07) is 10.2. The van der Waals surface area contributed by atoms with Crippen LogP contribution in [0.2, 0.25) is 0 Å². The molecule has 1 aromatic rings. The molecule has 0 aromatic heterocycles. The van der Waals surface area contributed by atoms with Crippen LogP contribution in [-0.4, -0.2) is 5.71 Å². The Morgan fingerprint density at radius 3 is 2.71 bits per heavy atom. The summed E-state index contributed by atoms with van der Waals surface area (Å²) in [6.45, 7) is 0.570. The molecule has 2 heteroatoms. The molecule has 17 heavy (non-hydrogen) atoms. The molecular weight excluding hydrogens is 210 g/mol. The fourth-order valence-corrected chi connectivity index (χ4v) is 1.90. The van der Waals surface area contributed by atoms with Crippen LogP contribution in [-0.2, 0) is 11.4 Å². The zero-order chi connectivity index (χ0) is 11.8. The second kappa shape index (κ2) is 6.89. The Bertz CT molecular complexity index is 381. The molecule has 0 N–H and O–H groups in total. The first-order chi connectivity index (χ1) is 8.45. The number of allylic oxidation sites excluding steroid dienone is 2. The van der Waals surface area contributed by atoms with E-state index >= 15 is 0 Å². The Balaban J connectivity index is 1.81. The van der Waals surface area contributed by atoms with E-state index in [1.807, 2.05) is 18.2 Å². The van der Waals surface area contributed by atoms with E-state index in [2.05, 4.69) is 29.4 Å². The highest BCUT2D eigenvalue weighted by Gasteiger charge is 2.02. The van der Waals surface area contributed by atoms with Crippen molar-refractivity contribution in [3.63, 3.8) is 0 Å². The Kier molecular flexibility index (Phi) is 4.83. The molecule has 0 heterocycles. The molecule has 1 aliphatic rings. The minimum Gasteiger partial charge on any atom is -0.391 e. The van der Waals surface area contributed by atoms with Crippen molar-refractivity contribution in [1.29, 1.82) is 0 Å². The molecule has 0 spiro atoms. The molecule has 90 valence electrons. The average molecular weight is 229 g/mol. The van der Waals surface area contributed by atoms with Crippen LogP contribution in [0.1, 0.15) is 37.7 Å². The van der Waals surface area contributed by atoms with Crippen LogP contribution in [0.5, 0.6) is 0 Å². The van der Waals surface area contributed by atoms with Gasteiger partial charge in [0.1, 0.15) is 6.61 Å². The highest BCUT2D eigenvalue weighted by Crippen LogP contribution is 2.10. The number of hydrogen-bond donors (Lipinski definition) is 0. The molecular formula is C15H19NO. The van der Waals surface area contributed by atoms with Crippen LogP contribution in [0.25, 0.3) is 0 Å². The van der Waals surface area contributed by atoms with Crippen molar-refractivity contribution in [2.45, 2.75) is 38.7 Å². The van der Waals surface area contributed by atoms with Crippen molar-refractivity contribution in [2.24, 2.45) is 5.16 Å². The van der Waals surface area contributed by atoms with Crippen LogP contribution in [0, 0.1) is 0 Å². The zero-order valence-corrected chi connectivity index (χ0v) is 10.1. The molecule has 0 atom stereocenters. The Morgan fingerprint density at radius 2 is 1.82 bits per heavy atom. The summed E-state index contributed by atoms with van der Waals surface area (Å²) >= 11 is 0. The maximum atomic E-state index is 5.42. The fourth-order valence-electron chi connectivity index (χ4n) is 1.90. The molecule has 0 radical (unpaired) electrons. The van der Waals surface area contributed by atoms with Gasteiger partial charge in [-0.05, 0) is 37.7 Å². The lowest BCUT2D eigenvalue weighted by atomic mass is 10.0. The first kappa shape index (κ1) is 11.9. The Hall–Kier alpha value is -1.57. The number of benzene rings is 1.